The third-order valence-electron chi connectivity index (χ3n) is 3.69. The van der Waals surface area contributed by atoms with Gasteiger partial charge in [0, 0.05) is 10.2 Å². The standard InChI is InChI=1S/C17H14BrFN2O2/c18-10-4-3-5-11(8-10)20-16(22)12-9-13(12)17(23)21-15-7-2-1-6-14(15)19/h1-8,12-13H,9H2,(H,20,22)(H,21,23). The number of carbonyl (C=O) groups excluding carboxylic acids is 2. The molecule has 0 bridgehead atoms. The van der Waals surface area contributed by atoms with Crippen molar-refractivity contribution in [3.8, 4) is 0 Å². The Morgan fingerprint density at radius 3 is 2.39 bits per heavy atom. The predicted octanol–water partition coefficient (Wildman–Crippen LogP) is 3.80. The Morgan fingerprint density at radius 1 is 1.00 bits per heavy atom. The molecule has 0 aliphatic heterocycles. The van der Waals surface area contributed by atoms with Crippen molar-refractivity contribution in [1.82, 2.24) is 0 Å². The van der Waals surface area contributed by atoms with Crippen molar-refractivity contribution >= 4 is 39.1 Å². The topological polar surface area (TPSA) is 58.2 Å². The molecule has 2 unspecified atom stereocenters. The maximum absolute atomic E-state index is 13.5. The Balaban J connectivity index is 1.57. The van der Waals surface area contributed by atoms with Gasteiger partial charge in [0.15, 0.2) is 0 Å². The molecule has 2 atom stereocenters. The van der Waals surface area contributed by atoms with E-state index in [4.69, 9.17) is 0 Å². The van der Waals surface area contributed by atoms with Gasteiger partial charge in [0.1, 0.15) is 5.82 Å². The minimum absolute atomic E-state index is 0.135. The number of rotatable bonds is 4. The van der Waals surface area contributed by atoms with Crippen molar-refractivity contribution in [2.24, 2.45) is 11.8 Å². The molecule has 1 saturated carbocycles. The fourth-order valence-electron chi connectivity index (χ4n) is 2.36. The number of hydrogen-bond acceptors (Lipinski definition) is 2. The van der Waals surface area contributed by atoms with Crippen molar-refractivity contribution in [1.29, 1.82) is 0 Å². The zero-order valence-corrected chi connectivity index (χ0v) is 13.6. The van der Waals surface area contributed by atoms with Gasteiger partial charge in [-0.15, -0.1) is 0 Å². The minimum Gasteiger partial charge on any atom is -0.326 e. The number of amides is 2. The minimum atomic E-state index is -0.489. The summed E-state index contributed by atoms with van der Waals surface area (Å²) >= 11 is 3.33. The lowest BCUT2D eigenvalue weighted by atomic mass is 10.2. The Labute approximate surface area is 141 Å². The third kappa shape index (κ3) is 3.76. The summed E-state index contributed by atoms with van der Waals surface area (Å²) < 4.78 is 14.4. The Kier molecular flexibility index (Phi) is 4.43. The molecule has 2 aromatic carbocycles. The Morgan fingerprint density at radius 2 is 1.70 bits per heavy atom. The van der Waals surface area contributed by atoms with Crippen LogP contribution < -0.4 is 10.6 Å². The van der Waals surface area contributed by atoms with E-state index in [-0.39, 0.29) is 23.4 Å². The van der Waals surface area contributed by atoms with Crippen LogP contribution >= 0.6 is 15.9 Å². The molecule has 0 aromatic heterocycles. The highest BCUT2D eigenvalue weighted by Gasteiger charge is 2.48. The number of halogens is 2. The Bertz CT molecular complexity index is 766. The molecule has 0 radical (unpaired) electrons. The molecule has 1 aliphatic carbocycles. The Hall–Kier alpha value is -2.21. The highest BCUT2D eigenvalue weighted by Crippen LogP contribution is 2.40. The van der Waals surface area contributed by atoms with E-state index in [1.807, 2.05) is 12.1 Å². The van der Waals surface area contributed by atoms with Gasteiger partial charge in [-0.05, 0) is 36.8 Å². The summed E-state index contributed by atoms with van der Waals surface area (Å²) in [5.41, 5.74) is 0.806. The molecule has 1 fully saturated rings. The highest BCUT2D eigenvalue weighted by atomic mass is 79.9. The van der Waals surface area contributed by atoms with Crippen molar-refractivity contribution in [2.45, 2.75) is 6.42 Å². The summed E-state index contributed by atoms with van der Waals surface area (Å²) in [6, 6.07) is 13.2. The maximum atomic E-state index is 13.5. The van der Waals surface area contributed by atoms with E-state index in [1.165, 1.54) is 12.1 Å². The molecule has 0 saturated heterocycles. The summed E-state index contributed by atoms with van der Waals surface area (Å²) in [7, 11) is 0. The van der Waals surface area contributed by atoms with Gasteiger partial charge >= 0.3 is 0 Å². The van der Waals surface area contributed by atoms with Crippen LogP contribution in [0.2, 0.25) is 0 Å². The van der Waals surface area contributed by atoms with Crippen LogP contribution in [-0.4, -0.2) is 11.8 Å². The lowest BCUT2D eigenvalue weighted by Crippen LogP contribution is -2.21. The molecule has 118 valence electrons. The smallest absolute Gasteiger partial charge is 0.228 e. The lowest BCUT2D eigenvalue weighted by molar-refractivity contribution is -0.122. The van der Waals surface area contributed by atoms with Crippen LogP contribution in [0.5, 0.6) is 0 Å². The van der Waals surface area contributed by atoms with Crippen LogP contribution in [0.15, 0.2) is 53.0 Å². The largest absolute Gasteiger partial charge is 0.326 e. The zero-order chi connectivity index (χ0) is 16.4. The van der Waals surface area contributed by atoms with Gasteiger partial charge in [0.2, 0.25) is 11.8 Å². The molecule has 4 nitrogen and oxygen atoms in total. The van der Waals surface area contributed by atoms with E-state index in [9.17, 15) is 14.0 Å². The second-order valence-corrected chi connectivity index (χ2v) is 6.33. The van der Waals surface area contributed by atoms with Gasteiger partial charge in [-0.3, -0.25) is 9.59 Å². The third-order valence-corrected chi connectivity index (χ3v) is 4.18. The van der Waals surface area contributed by atoms with E-state index < -0.39 is 11.7 Å². The molecule has 1 aliphatic rings. The monoisotopic (exact) mass is 376 g/mol. The highest BCUT2D eigenvalue weighted by molar-refractivity contribution is 9.10. The van der Waals surface area contributed by atoms with E-state index in [0.29, 0.717) is 12.1 Å². The zero-order valence-electron chi connectivity index (χ0n) is 12.1. The number of anilines is 2. The number of benzene rings is 2. The van der Waals surface area contributed by atoms with Gasteiger partial charge in [-0.2, -0.15) is 0 Å². The fraction of sp³-hybridized carbons (Fsp3) is 0.176. The van der Waals surface area contributed by atoms with E-state index in [2.05, 4.69) is 26.6 Å². The molecule has 6 heteroatoms. The van der Waals surface area contributed by atoms with Gasteiger partial charge in [-0.25, -0.2) is 4.39 Å². The summed E-state index contributed by atoms with van der Waals surface area (Å²) in [6.45, 7) is 0. The molecule has 2 aromatic rings. The molecule has 0 heterocycles. The van der Waals surface area contributed by atoms with Crippen molar-refractivity contribution < 1.29 is 14.0 Å². The van der Waals surface area contributed by atoms with Crippen LogP contribution in [0.25, 0.3) is 0 Å². The number of nitrogens with one attached hydrogen (secondary N) is 2. The summed E-state index contributed by atoms with van der Waals surface area (Å²) in [5.74, 6) is -1.81. The lowest BCUT2D eigenvalue weighted by Gasteiger charge is -2.07. The predicted molar refractivity (Wildman–Crippen MR) is 89.4 cm³/mol. The second kappa shape index (κ2) is 6.50. The fourth-order valence-corrected chi connectivity index (χ4v) is 2.76. The van der Waals surface area contributed by atoms with Crippen molar-refractivity contribution in [2.75, 3.05) is 10.6 Å². The first kappa shape index (κ1) is 15.7. The molecule has 2 amide bonds. The van der Waals surface area contributed by atoms with E-state index in [1.54, 1.807) is 24.3 Å². The molecular weight excluding hydrogens is 363 g/mol. The molecule has 23 heavy (non-hydrogen) atoms. The maximum Gasteiger partial charge on any atom is 0.228 e. The quantitative estimate of drug-likeness (QED) is 0.852. The van der Waals surface area contributed by atoms with Gasteiger partial charge in [0.25, 0.3) is 0 Å². The molecule has 0 spiro atoms. The first-order chi connectivity index (χ1) is 11.0. The van der Waals surface area contributed by atoms with E-state index >= 15 is 0 Å². The average molecular weight is 377 g/mol. The first-order valence-corrected chi connectivity index (χ1v) is 7.96. The van der Waals surface area contributed by atoms with Crippen LogP contribution in [0, 0.1) is 17.7 Å². The normalized spacial score (nSPS) is 19.0. The van der Waals surface area contributed by atoms with Crippen LogP contribution in [-0.2, 0) is 9.59 Å². The second-order valence-electron chi connectivity index (χ2n) is 5.42. The number of carbonyl (C=O) groups is 2. The van der Waals surface area contributed by atoms with Crippen LogP contribution in [0.1, 0.15) is 6.42 Å². The van der Waals surface area contributed by atoms with Crippen molar-refractivity contribution in [3.63, 3.8) is 0 Å². The van der Waals surface area contributed by atoms with Gasteiger partial charge < -0.3 is 10.6 Å². The van der Waals surface area contributed by atoms with Crippen LogP contribution in [0.4, 0.5) is 15.8 Å². The summed E-state index contributed by atoms with van der Waals surface area (Å²) in [6.07, 6.45) is 0.472. The average Bonchev–Trinajstić information content (AvgIpc) is 3.30. The summed E-state index contributed by atoms with van der Waals surface area (Å²) in [4.78, 5) is 24.2. The summed E-state index contributed by atoms with van der Waals surface area (Å²) in [5, 5.41) is 5.31. The number of hydrogen-bond donors (Lipinski definition) is 2. The molecule has 2 N–H and O–H groups in total. The van der Waals surface area contributed by atoms with E-state index in [0.717, 1.165) is 4.47 Å². The SMILES string of the molecule is O=C(Nc1cccc(Br)c1)C1CC1C(=O)Nc1ccccc1F. The van der Waals surface area contributed by atoms with Crippen molar-refractivity contribution in [3.05, 3.63) is 58.8 Å². The molecular formula is C17H14BrFN2O2. The van der Waals surface area contributed by atoms with Gasteiger partial charge in [0.05, 0.1) is 17.5 Å². The van der Waals surface area contributed by atoms with Crippen LogP contribution in [0.3, 0.4) is 0 Å². The van der Waals surface area contributed by atoms with Gasteiger partial charge in [-0.1, -0.05) is 34.1 Å². The first-order valence-electron chi connectivity index (χ1n) is 7.16. The number of para-hydroxylation sites is 1. The molecule has 3 rings (SSSR count).